The maximum atomic E-state index is 13.0. The van der Waals surface area contributed by atoms with Crippen molar-refractivity contribution >= 4 is 15.9 Å². The van der Waals surface area contributed by atoms with Crippen molar-refractivity contribution in [1.82, 2.24) is 0 Å². The predicted octanol–water partition coefficient (Wildman–Crippen LogP) is 1.98. The molecule has 0 spiro atoms. The number of nitrogens with two attached hydrogens (primary N) is 1. The van der Waals surface area contributed by atoms with Crippen LogP contribution in [0.5, 0.6) is 0 Å². The van der Waals surface area contributed by atoms with Gasteiger partial charge in [-0.2, -0.15) is 0 Å². The summed E-state index contributed by atoms with van der Waals surface area (Å²) >= 11 is 3.34. The second kappa shape index (κ2) is 3.85. The SMILES string of the molecule is NC1CC(O)(Cc2cc(F)ccc2Br)C1. The molecule has 1 aromatic carbocycles. The van der Waals surface area contributed by atoms with Crippen molar-refractivity contribution in [3.63, 3.8) is 0 Å². The van der Waals surface area contributed by atoms with E-state index >= 15 is 0 Å². The van der Waals surface area contributed by atoms with Crippen LogP contribution in [0.15, 0.2) is 22.7 Å². The summed E-state index contributed by atoms with van der Waals surface area (Å²) in [6.07, 6.45) is 1.64. The van der Waals surface area contributed by atoms with Gasteiger partial charge in [-0.3, -0.25) is 0 Å². The lowest BCUT2D eigenvalue weighted by Gasteiger charge is -2.42. The van der Waals surface area contributed by atoms with Crippen LogP contribution in [0.1, 0.15) is 18.4 Å². The third-order valence-electron chi connectivity index (χ3n) is 2.81. The zero-order chi connectivity index (χ0) is 11.1. The highest BCUT2D eigenvalue weighted by Crippen LogP contribution is 2.35. The number of halogens is 2. The first-order chi connectivity index (χ1) is 6.98. The zero-order valence-electron chi connectivity index (χ0n) is 8.21. The van der Waals surface area contributed by atoms with Gasteiger partial charge in [-0.1, -0.05) is 15.9 Å². The molecule has 1 fully saturated rings. The van der Waals surface area contributed by atoms with Crippen molar-refractivity contribution in [2.24, 2.45) is 5.73 Å². The Kier molecular flexibility index (Phi) is 2.83. The molecular formula is C11H13BrFNO. The molecule has 0 bridgehead atoms. The minimum absolute atomic E-state index is 0.0855. The Hall–Kier alpha value is -0.450. The number of benzene rings is 1. The zero-order valence-corrected chi connectivity index (χ0v) is 9.80. The Balaban J connectivity index is 2.14. The standard InChI is InChI=1S/C11H13BrFNO/c12-10-2-1-8(13)3-7(10)4-11(15)5-9(14)6-11/h1-3,9,15H,4-6,14H2. The van der Waals surface area contributed by atoms with E-state index in [0.717, 1.165) is 10.0 Å². The molecule has 0 aliphatic heterocycles. The third-order valence-corrected chi connectivity index (χ3v) is 3.59. The van der Waals surface area contributed by atoms with E-state index in [1.807, 2.05) is 0 Å². The molecule has 0 radical (unpaired) electrons. The highest BCUT2D eigenvalue weighted by atomic mass is 79.9. The molecule has 0 aromatic heterocycles. The molecule has 1 saturated carbocycles. The van der Waals surface area contributed by atoms with Crippen LogP contribution in [-0.2, 0) is 6.42 Å². The van der Waals surface area contributed by atoms with Gasteiger partial charge >= 0.3 is 0 Å². The van der Waals surface area contributed by atoms with Crippen LogP contribution in [0.3, 0.4) is 0 Å². The lowest BCUT2D eigenvalue weighted by atomic mass is 9.73. The molecule has 0 unspecified atom stereocenters. The molecule has 2 rings (SSSR count). The van der Waals surface area contributed by atoms with Crippen molar-refractivity contribution < 1.29 is 9.50 Å². The Morgan fingerprint density at radius 1 is 1.53 bits per heavy atom. The average Bonchev–Trinajstić information content (AvgIpc) is 2.09. The number of hydrogen-bond donors (Lipinski definition) is 2. The fourth-order valence-corrected chi connectivity index (χ4v) is 2.48. The lowest BCUT2D eigenvalue weighted by molar-refractivity contribution is -0.0456. The molecule has 3 N–H and O–H groups in total. The molecule has 2 nitrogen and oxygen atoms in total. The van der Waals surface area contributed by atoms with Crippen molar-refractivity contribution in [3.8, 4) is 0 Å². The van der Waals surface area contributed by atoms with Gasteiger partial charge in [0.25, 0.3) is 0 Å². The first kappa shape index (κ1) is 11.0. The van der Waals surface area contributed by atoms with E-state index in [0.29, 0.717) is 19.3 Å². The summed E-state index contributed by atoms with van der Waals surface area (Å²) < 4.78 is 13.8. The monoisotopic (exact) mass is 273 g/mol. The van der Waals surface area contributed by atoms with Crippen LogP contribution in [0.2, 0.25) is 0 Å². The normalized spacial score (nSPS) is 30.0. The molecule has 4 heteroatoms. The topological polar surface area (TPSA) is 46.2 Å². The van der Waals surface area contributed by atoms with E-state index < -0.39 is 5.60 Å². The molecule has 82 valence electrons. The van der Waals surface area contributed by atoms with Crippen molar-refractivity contribution in [2.75, 3.05) is 0 Å². The Morgan fingerprint density at radius 2 is 2.20 bits per heavy atom. The maximum absolute atomic E-state index is 13.0. The van der Waals surface area contributed by atoms with Crippen molar-refractivity contribution in [2.45, 2.75) is 30.9 Å². The van der Waals surface area contributed by atoms with Gasteiger partial charge in [0.05, 0.1) is 5.60 Å². The fraction of sp³-hybridized carbons (Fsp3) is 0.455. The van der Waals surface area contributed by atoms with E-state index in [9.17, 15) is 9.50 Å². The van der Waals surface area contributed by atoms with Crippen LogP contribution in [0.25, 0.3) is 0 Å². The molecule has 0 amide bonds. The number of hydrogen-bond acceptors (Lipinski definition) is 2. The van der Waals surface area contributed by atoms with Crippen LogP contribution in [0.4, 0.5) is 4.39 Å². The van der Waals surface area contributed by atoms with E-state index in [2.05, 4.69) is 15.9 Å². The van der Waals surface area contributed by atoms with Gasteiger partial charge in [0.2, 0.25) is 0 Å². The minimum Gasteiger partial charge on any atom is -0.389 e. The number of aliphatic hydroxyl groups is 1. The smallest absolute Gasteiger partial charge is 0.123 e. The second-order valence-electron chi connectivity index (χ2n) is 4.31. The van der Waals surface area contributed by atoms with Gasteiger partial charge in [0, 0.05) is 16.9 Å². The largest absolute Gasteiger partial charge is 0.389 e. The first-order valence-corrected chi connectivity index (χ1v) is 5.70. The Morgan fingerprint density at radius 3 is 2.80 bits per heavy atom. The van der Waals surface area contributed by atoms with Gasteiger partial charge in [-0.25, -0.2) is 4.39 Å². The molecule has 15 heavy (non-hydrogen) atoms. The fourth-order valence-electron chi connectivity index (χ4n) is 2.09. The third kappa shape index (κ3) is 2.38. The van der Waals surface area contributed by atoms with Gasteiger partial charge in [0.15, 0.2) is 0 Å². The van der Waals surface area contributed by atoms with E-state index in [1.165, 1.54) is 12.1 Å². The first-order valence-electron chi connectivity index (χ1n) is 4.90. The summed E-state index contributed by atoms with van der Waals surface area (Å²) in [5.41, 5.74) is 5.69. The van der Waals surface area contributed by atoms with Gasteiger partial charge in [0.1, 0.15) is 5.82 Å². The van der Waals surface area contributed by atoms with Gasteiger partial charge in [-0.15, -0.1) is 0 Å². The van der Waals surface area contributed by atoms with Crippen LogP contribution < -0.4 is 5.73 Å². The molecule has 0 saturated heterocycles. The highest BCUT2D eigenvalue weighted by Gasteiger charge is 2.40. The Bertz CT molecular complexity index is 377. The van der Waals surface area contributed by atoms with Crippen LogP contribution in [0, 0.1) is 5.82 Å². The summed E-state index contributed by atoms with van der Waals surface area (Å²) in [6, 6.07) is 4.59. The summed E-state index contributed by atoms with van der Waals surface area (Å²) in [5, 5.41) is 10.0. The van der Waals surface area contributed by atoms with Gasteiger partial charge in [-0.05, 0) is 36.6 Å². The Labute approximate surface area is 96.4 Å². The summed E-state index contributed by atoms with van der Waals surface area (Å²) in [6.45, 7) is 0. The average molecular weight is 274 g/mol. The molecule has 0 heterocycles. The predicted molar refractivity (Wildman–Crippen MR) is 60.0 cm³/mol. The maximum Gasteiger partial charge on any atom is 0.123 e. The summed E-state index contributed by atoms with van der Waals surface area (Å²) in [7, 11) is 0. The second-order valence-corrected chi connectivity index (χ2v) is 5.16. The lowest BCUT2D eigenvalue weighted by Crippen LogP contribution is -2.52. The molecule has 1 aromatic rings. The number of rotatable bonds is 2. The van der Waals surface area contributed by atoms with Crippen molar-refractivity contribution in [3.05, 3.63) is 34.1 Å². The molecule has 1 aliphatic carbocycles. The van der Waals surface area contributed by atoms with E-state index in [1.54, 1.807) is 6.07 Å². The van der Waals surface area contributed by atoms with E-state index in [4.69, 9.17) is 5.73 Å². The van der Waals surface area contributed by atoms with Crippen LogP contribution in [-0.4, -0.2) is 16.7 Å². The van der Waals surface area contributed by atoms with Crippen molar-refractivity contribution in [1.29, 1.82) is 0 Å². The molecule has 0 atom stereocenters. The van der Waals surface area contributed by atoms with Gasteiger partial charge < -0.3 is 10.8 Å². The summed E-state index contributed by atoms with van der Waals surface area (Å²) in [4.78, 5) is 0. The minimum atomic E-state index is -0.740. The summed E-state index contributed by atoms with van der Waals surface area (Å²) in [5.74, 6) is -0.277. The quantitative estimate of drug-likeness (QED) is 0.866. The van der Waals surface area contributed by atoms with E-state index in [-0.39, 0.29) is 11.9 Å². The molecule has 1 aliphatic rings. The highest BCUT2D eigenvalue weighted by molar-refractivity contribution is 9.10. The van der Waals surface area contributed by atoms with Crippen LogP contribution >= 0.6 is 15.9 Å². The molecular weight excluding hydrogens is 261 g/mol.